The van der Waals surface area contributed by atoms with Gasteiger partial charge in [-0.1, -0.05) is 0 Å². The molecule has 9 heteroatoms. The van der Waals surface area contributed by atoms with Crippen LogP contribution in [0.4, 0.5) is 0 Å². The summed E-state index contributed by atoms with van der Waals surface area (Å²) in [5.41, 5.74) is -0.946. The number of hydrogen-bond acceptors (Lipinski definition) is 4. The van der Waals surface area contributed by atoms with Gasteiger partial charge in [0.1, 0.15) is 0 Å². The minimum absolute atomic E-state index is 0. The quantitative estimate of drug-likeness (QED) is 0.498. The molecule has 0 aliphatic rings. The van der Waals surface area contributed by atoms with Crippen LogP contribution in [-0.2, 0) is 0 Å². The van der Waals surface area contributed by atoms with Crippen LogP contribution in [0, 0.1) is 0 Å². The van der Waals surface area contributed by atoms with E-state index in [1.165, 1.54) is 0 Å². The van der Waals surface area contributed by atoms with Crippen LogP contribution in [0.1, 0.15) is 62.3 Å². The van der Waals surface area contributed by atoms with Crippen LogP contribution in [0.15, 0.2) is 36.4 Å². The van der Waals surface area contributed by atoms with Gasteiger partial charge in [-0.25, -0.2) is 0 Å². The molecule has 0 fully saturated rings. The fourth-order valence-corrected chi connectivity index (χ4v) is 5.73. The second-order valence-electron chi connectivity index (χ2n) is 8.40. The van der Waals surface area contributed by atoms with E-state index in [2.05, 4.69) is 0 Å². The summed E-state index contributed by atoms with van der Waals surface area (Å²) in [7, 11) is 0. The van der Waals surface area contributed by atoms with Gasteiger partial charge < -0.3 is 0 Å². The van der Waals surface area contributed by atoms with Crippen molar-refractivity contribution in [2.45, 2.75) is 52.7 Å². The largest absolute Gasteiger partial charge is 0.147 e. The van der Waals surface area contributed by atoms with Gasteiger partial charge in [0.05, 0.1) is 0 Å². The van der Waals surface area contributed by atoms with Gasteiger partial charge >= 0.3 is 181 Å². The normalized spacial score (nSPS) is 11.0. The van der Waals surface area contributed by atoms with Gasteiger partial charge in [0.15, 0.2) is 0 Å². The van der Waals surface area contributed by atoms with E-state index in [-0.39, 0.29) is 47.4 Å². The van der Waals surface area contributed by atoms with Crippen molar-refractivity contribution in [3.8, 4) is 11.5 Å². The van der Waals surface area contributed by atoms with Gasteiger partial charge in [-0.05, 0) is 0 Å². The SMILES string of the molecule is CC(C)(C)Oc1cccc([Te]c2cccc(OC(C)(C)C)c2C(=O)O)c1C(=O)O.Cl.Cl. The zero-order valence-corrected chi connectivity index (χ0v) is 22.2. The molecule has 0 unspecified atom stereocenters. The molecule has 2 aromatic carbocycles. The smallest absolute Gasteiger partial charge is 0.147 e. The molecule has 0 amide bonds. The molecule has 172 valence electrons. The Morgan fingerprint density at radius 2 is 1.03 bits per heavy atom. The fraction of sp³-hybridized carbons (Fsp3) is 0.364. The van der Waals surface area contributed by atoms with E-state index >= 15 is 0 Å². The number of carbonyl (C=O) groups is 2. The Kier molecular flexibility index (Phi) is 10.7. The first-order valence-corrected chi connectivity index (χ1v) is 11.4. The Hall–Kier alpha value is -1.65. The summed E-state index contributed by atoms with van der Waals surface area (Å²) >= 11 is -1.35. The van der Waals surface area contributed by atoms with Crippen molar-refractivity contribution in [3.05, 3.63) is 47.5 Å². The van der Waals surface area contributed by atoms with Gasteiger partial charge in [0.2, 0.25) is 0 Å². The van der Waals surface area contributed by atoms with Crippen LogP contribution >= 0.6 is 24.8 Å². The van der Waals surface area contributed by atoms with Crippen molar-refractivity contribution in [3.63, 3.8) is 0 Å². The number of halogens is 2. The van der Waals surface area contributed by atoms with Gasteiger partial charge in [-0.3, -0.25) is 0 Å². The summed E-state index contributed by atoms with van der Waals surface area (Å²) in [6, 6.07) is 10.2. The van der Waals surface area contributed by atoms with E-state index in [1.54, 1.807) is 36.4 Å². The molecule has 0 heterocycles. The zero-order valence-electron chi connectivity index (χ0n) is 18.2. The molecule has 0 aliphatic carbocycles. The average molecular weight is 587 g/mol. The van der Waals surface area contributed by atoms with Gasteiger partial charge in [0, 0.05) is 0 Å². The second kappa shape index (κ2) is 11.3. The molecule has 31 heavy (non-hydrogen) atoms. The topological polar surface area (TPSA) is 93.1 Å². The summed E-state index contributed by atoms with van der Waals surface area (Å²) in [6.45, 7) is 11.1. The molecular formula is C22H28Cl2O6Te. The standard InChI is InChI=1S/C22H26O6Te.2ClH/c1-21(2,3)27-13-9-7-11-15(17(13)19(23)24)29-16-12-8-10-14(18(16)20(25)26)28-22(4,5)6;;/h7-12H,1-6H3,(H,23,24)(H,25,26);2*1H. The molecular weight excluding hydrogens is 559 g/mol. The maximum atomic E-state index is 12.0. The number of rotatable bonds is 6. The molecule has 2 rings (SSSR count). The Labute approximate surface area is 205 Å². The number of ether oxygens (including phenoxy) is 2. The minimum atomic E-state index is -1.35. The van der Waals surface area contributed by atoms with E-state index in [1.807, 2.05) is 41.5 Å². The third-order valence-corrected chi connectivity index (χ3v) is 6.65. The van der Waals surface area contributed by atoms with E-state index in [0.717, 1.165) is 0 Å². The monoisotopic (exact) mass is 588 g/mol. The number of benzene rings is 2. The molecule has 0 saturated carbocycles. The van der Waals surface area contributed by atoms with Gasteiger partial charge in [-0.2, -0.15) is 0 Å². The zero-order chi connectivity index (χ0) is 22.0. The van der Waals surface area contributed by atoms with Crippen molar-refractivity contribution in [2.24, 2.45) is 0 Å². The first kappa shape index (κ1) is 29.3. The van der Waals surface area contributed by atoms with Gasteiger partial charge in [0.25, 0.3) is 0 Å². The summed E-state index contributed by atoms with van der Waals surface area (Å²) in [6.07, 6.45) is 0. The second-order valence-corrected chi connectivity index (χ2v) is 11.5. The third kappa shape index (κ3) is 8.42. The molecule has 2 aromatic rings. The van der Waals surface area contributed by atoms with Crippen LogP contribution < -0.4 is 16.7 Å². The van der Waals surface area contributed by atoms with Crippen molar-refractivity contribution in [1.29, 1.82) is 0 Å². The van der Waals surface area contributed by atoms with Crippen LogP contribution in [0.2, 0.25) is 0 Å². The first-order chi connectivity index (χ1) is 13.3. The predicted molar refractivity (Wildman–Crippen MR) is 127 cm³/mol. The summed E-state index contributed by atoms with van der Waals surface area (Å²) in [5, 5.41) is 19.6. The minimum Gasteiger partial charge on any atom is -0.147 e. The molecule has 0 atom stereocenters. The molecule has 0 aromatic heterocycles. The summed E-state index contributed by atoms with van der Waals surface area (Å²) in [4.78, 5) is 24.0. The Balaban J connectivity index is 0.00000450. The third-order valence-electron chi connectivity index (χ3n) is 3.46. The molecule has 0 bridgehead atoms. The maximum absolute atomic E-state index is 12.0. The Morgan fingerprint density at radius 1 is 0.710 bits per heavy atom. The molecule has 0 spiro atoms. The van der Waals surface area contributed by atoms with E-state index in [0.29, 0.717) is 7.22 Å². The molecule has 0 radical (unpaired) electrons. The van der Waals surface area contributed by atoms with E-state index in [4.69, 9.17) is 9.47 Å². The van der Waals surface area contributed by atoms with Gasteiger partial charge in [-0.15, -0.1) is 24.8 Å². The number of carboxylic acids is 2. The van der Waals surface area contributed by atoms with Crippen LogP contribution in [-0.4, -0.2) is 54.3 Å². The molecule has 0 saturated heterocycles. The van der Waals surface area contributed by atoms with Crippen molar-refractivity contribution in [1.82, 2.24) is 0 Å². The fourth-order valence-electron chi connectivity index (χ4n) is 2.56. The molecule has 0 aliphatic heterocycles. The maximum Gasteiger partial charge on any atom is -0.147 e. The number of carboxylic acid groups (broad SMARTS) is 2. The van der Waals surface area contributed by atoms with Crippen molar-refractivity contribution >= 4 is 64.9 Å². The first-order valence-electron chi connectivity index (χ1n) is 9.07. The predicted octanol–water partition coefficient (Wildman–Crippen LogP) is 3.94. The van der Waals surface area contributed by atoms with Crippen LogP contribution in [0.5, 0.6) is 11.5 Å². The van der Waals surface area contributed by atoms with Crippen LogP contribution in [0.25, 0.3) is 0 Å². The van der Waals surface area contributed by atoms with E-state index in [9.17, 15) is 19.8 Å². The van der Waals surface area contributed by atoms with Crippen molar-refractivity contribution in [2.75, 3.05) is 0 Å². The number of aromatic carboxylic acids is 2. The Morgan fingerprint density at radius 3 is 1.29 bits per heavy atom. The number of hydrogen-bond donors (Lipinski definition) is 2. The Bertz CT molecular complexity index is 857. The summed E-state index contributed by atoms with van der Waals surface area (Å²) < 4.78 is 12.9. The van der Waals surface area contributed by atoms with E-state index < -0.39 is 44.1 Å². The summed E-state index contributed by atoms with van der Waals surface area (Å²) in [5.74, 6) is -1.62. The van der Waals surface area contributed by atoms with Crippen LogP contribution in [0.3, 0.4) is 0 Å². The molecule has 2 N–H and O–H groups in total. The van der Waals surface area contributed by atoms with Crippen molar-refractivity contribution < 1.29 is 29.3 Å². The average Bonchev–Trinajstić information content (AvgIpc) is 2.51. The molecule has 6 nitrogen and oxygen atoms in total.